The highest BCUT2D eigenvalue weighted by Gasteiger charge is 2.14. The molecule has 0 spiro atoms. The predicted octanol–water partition coefficient (Wildman–Crippen LogP) is 3.27. The number of nitrogens with zero attached hydrogens (tertiary/aromatic N) is 3. The molecule has 116 valence electrons. The molecular formula is C17H15N3O2S. The molecule has 0 aliphatic heterocycles. The molecule has 0 fully saturated rings. The van der Waals surface area contributed by atoms with Crippen LogP contribution in [0.5, 0.6) is 0 Å². The van der Waals surface area contributed by atoms with E-state index < -0.39 is 0 Å². The van der Waals surface area contributed by atoms with Crippen LogP contribution in [0.2, 0.25) is 0 Å². The zero-order valence-electron chi connectivity index (χ0n) is 12.7. The number of hydrogen-bond acceptors (Lipinski definition) is 5. The second-order valence-corrected chi connectivity index (χ2v) is 6.24. The first kappa shape index (κ1) is 15.3. The lowest BCUT2D eigenvalue weighted by molar-refractivity contribution is 0.321. The highest BCUT2D eigenvalue weighted by molar-refractivity contribution is 7.99. The van der Waals surface area contributed by atoms with E-state index in [9.17, 15) is 4.79 Å². The van der Waals surface area contributed by atoms with E-state index in [1.807, 2.05) is 44.2 Å². The van der Waals surface area contributed by atoms with Crippen LogP contribution < -0.4 is 5.56 Å². The maximum absolute atomic E-state index is 12.6. The Hall–Kier alpha value is -2.60. The molecule has 1 N–H and O–H groups in total. The van der Waals surface area contributed by atoms with Crippen molar-refractivity contribution < 1.29 is 5.21 Å². The molecule has 0 saturated carbocycles. The molecule has 0 unspecified atom stereocenters. The molecule has 5 nitrogen and oxygen atoms in total. The molecular weight excluding hydrogens is 310 g/mol. The largest absolute Gasteiger partial charge is 0.411 e. The quantitative estimate of drug-likeness (QED) is 0.347. The fraction of sp³-hybridized carbons (Fsp3) is 0.118. The number of pyridine rings is 1. The smallest absolute Gasteiger partial charge is 0.267 e. The summed E-state index contributed by atoms with van der Waals surface area (Å²) in [5, 5.41) is 12.4. The van der Waals surface area contributed by atoms with Gasteiger partial charge in [-0.2, -0.15) is 0 Å². The van der Waals surface area contributed by atoms with E-state index in [1.54, 1.807) is 12.3 Å². The van der Waals surface area contributed by atoms with Gasteiger partial charge < -0.3 is 5.21 Å². The van der Waals surface area contributed by atoms with Crippen molar-refractivity contribution in [2.75, 3.05) is 0 Å². The lowest BCUT2D eigenvalue weighted by Gasteiger charge is -2.09. The van der Waals surface area contributed by atoms with E-state index in [0.29, 0.717) is 10.7 Å². The maximum atomic E-state index is 12.6. The van der Waals surface area contributed by atoms with Crippen molar-refractivity contribution in [3.05, 3.63) is 69.6 Å². The van der Waals surface area contributed by atoms with E-state index in [1.165, 1.54) is 16.2 Å². The van der Waals surface area contributed by atoms with Gasteiger partial charge in [-0.1, -0.05) is 40.7 Å². The number of aryl methyl sites for hydroxylation is 2. The Kier molecular flexibility index (Phi) is 4.16. The third-order valence-electron chi connectivity index (χ3n) is 3.47. The van der Waals surface area contributed by atoms with Gasteiger partial charge in [0.25, 0.3) is 5.56 Å². The SMILES string of the molecule is Cc1ccc(Sc2nc3c(C)cccn3c(=O)c2/C=N/O)cc1. The summed E-state index contributed by atoms with van der Waals surface area (Å²) >= 11 is 1.37. The Bertz CT molecular complexity index is 946. The van der Waals surface area contributed by atoms with Crippen molar-refractivity contribution in [3.63, 3.8) is 0 Å². The van der Waals surface area contributed by atoms with Crippen LogP contribution in [-0.4, -0.2) is 20.8 Å². The zero-order valence-corrected chi connectivity index (χ0v) is 13.5. The molecule has 2 heterocycles. The first-order valence-electron chi connectivity index (χ1n) is 7.04. The highest BCUT2D eigenvalue weighted by atomic mass is 32.2. The molecule has 1 aromatic carbocycles. The molecule has 0 amide bonds. The number of benzene rings is 1. The number of aromatic nitrogens is 2. The second kappa shape index (κ2) is 6.26. The molecule has 0 aliphatic rings. The van der Waals surface area contributed by atoms with Gasteiger partial charge in [-0.25, -0.2) is 4.98 Å². The first-order chi connectivity index (χ1) is 11.1. The monoisotopic (exact) mass is 325 g/mol. The molecule has 0 saturated heterocycles. The van der Waals surface area contributed by atoms with Gasteiger partial charge >= 0.3 is 0 Å². The van der Waals surface area contributed by atoms with Gasteiger partial charge in [0.15, 0.2) is 0 Å². The predicted molar refractivity (Wildman–Crippen MR) is 90.9 cm³/mol. The molecule has 0 bridgehead atoms. The Morgan fingerprint density at radius 1 is 1.22 bits per heavy atom. The van der Waals surface area contributed by atoms with Crippen LogP contribution >= 0.6 is 11.8 Å². The molecule has 23 heavy (non-hydrogen) atoms. The molecule has 2 aromatic heterocycles. The summed E-state index contributed by atoms with van der Waals surface area (Å²) in [4.78, 5) is 18.2. The lowest BCUT2D eigenvalue weighted by atomic mass is 10.2. The fourth-order valence-corrected chi connectivity index (χ4v) is 3.13. The van der Waals surface area contributed by atoms with Crippen molar-refractivity contribution in [2.45, 2.75) is 23.8 Å². The molecule has 3 rings (SSSR count). The van der Waals surface area contributed by atoms with Gasteiger partial charge in [-0.15, -0.1) is 0 Å². The minimum atomic E-state index is -0.258. The third-order valence-corrected chi connectivity index (χ3v) is 4.48. The fourth-order valence-electron chi connectivity index (χ4n) is 2.26. The van der Waals surface area contributed by atoms with Gasteiger partial charge in [0.1, 0.15) is 10.7 Å². The summed E-state index contributed by atoms with van der Waals surface area (Å²) in [5.41, 5.74) is 2.67. The summed E-state index contributed by atoms with van der Waals surface area (Å²) < 4.78 is 1.46. The van der Waals surface area contributed by atoms with E-state index >= 15 is 0 Å². The van der Waals surface area contributed by atoms with E-state index in [4.69, 9.17) is 5.21 Å². The van der Waals surface area contributed by atoms with Gasteiger partial charge in [0, 0.05) is 11.1 Å². The van der Waals surface area contributed by atoms with Crippen molar-refractivity contribution >= 4 is 23.6 Å². The minimum absolute atomic E-state index is 0.258. The first-order valence-corrected chi connectivity index (χ1v) is 7.86. The molecule has 3 aromatic rings. The van der Waals surface area contributed by atoms with E-state index in [-0.39, 0.29) is 11.1 Å². The zero-order chi connectivity index (χ0) is 16.4. The van der Waals surface area contributed by atoms with Crippen LogP contribution in [0, 0.1) is 13.8 Å². The van der Waals surface area contributed by atoms with Crippen LogP contribution in [0.1, 0.15) is 16.7 Å². The summed E-state index contributed by atoms with van der Waals surface area (Å²) in [6.45, 7) is 3.92. The van der Waals surface area contributed by atoms with Crippen molar-refractivity contribution in [2.24, 2.45) is 5.16 Å². The van der Waals surface area contributed by atoms with Crippen LogP contribution in [0.25, 0.3) is 5.65 Å². The van der Waals surface area contributed by atoms with Gasteiger partial charge in [0.05, 0.1) is 11.8 Å². The normalized spacial score (nSPS) is 11.4. The van der Waals surface area contributed by atoms with Gasteiger partial charge in [-0.3, -0.25) is 9.20 Å². The summed E-state index contributed by atoms with van der Waals surface area (Å²) in [5.74, 6) is 0. The number of rotatable bonds is 3. The molecule has 0 atom stereocenters. The molecule has 6 heteroatoms. The Labute approximate surface area is 137 Å². The highest BCUT2D eigenvalue weighted by Crippen LogP contribution is 2.28. The van der Waals surface area contributed by atoms with Crippen LogP contribution in [0.15, 0.2) is 62.5 Å². The second-order valence-electron chi connectivity index (χ2n) is 5.18. The maximum Gasteiger partial charge on any atom is 0.267 e. The van der Waals surface area contributed by atoms with Crippen LogP contribution in [0.3, 0.4) is 0 Å². The van der Waals surface area contributed by atoms with Crippen molar-refractivity contribution in [1.82, 2.24) is 9.38 Å². The average Bonchev–Trinajstić information content (AvgIpc) is 2.54. The standard InChI is InChI=1S/C17H15N3O2S/c1-11-5-7-13(8-6-11)23-16-14(10-18-22)17(21)20-9-3-4-12(2)15(20)19-16/h3-10,22H,1-2H3/b18-10+. The molecule has 0 radical (unpaired) electrons. The number of oxime groups is 1. The number of hydrogen-bond donors (Lipinski definition) is 1. The summed E-state index contributed by atoms with van der Waals surface area (Å²) in [6.07, 6.45) is 2.80. The van der Waals surface area contributed by atoms with Crippen molar-refractivity contribution in [1.29, 1.82) is 0 Å². The summed E-state index contributed by atoms with van der Waals surface area (Å²) in [6, 6.07) is 11.6. The summed E-state index contributed by atoms with van der Waals surface area (Å²) in [7, 11) is 0. The van der Waals surface area contributed by atoms with Crippen molar-refractivity contribution in [3.8, 4) is 0 Å². The van der Waals surface area contributed by atoms with Crippen LogP contribution in [0.4, 0.5) is 0 Å². The topological polar surface area (TPSA) is 67.0 Å². The minimum Gasteiger partial charge on any atom is -0.411 e. The van der Waals surface area contributed by atoms with E-state index in [0.717, 1.165) is 22.2 Å². The van der Waals surface area contributed by atoms with Crippen LogP contribution in [-0.2, 0) is 0 Å². The Balaban J connectivity index is 2.21. The van der Waals surface area contributed by atoms with E-state index in [2.05, 4.69) is 10.1 Å². The lowest BCUT2D eigenvalue weighted by Crippen LogP contribution is -2.21. The Morgan fingerprint density at radius 3 is 2.65 bits per heavy atom. The Morgan fingerprint density at radius 2 is 1.96 bits per heavy atom. The number of fused-ring (bicyclic) bond motifs is 1. The average molecular weight is 325 g/mol. The van der Waals surface area contributed by atoms with Gasteiger partial charge in [-0.05, 0) is 37.6 Å². The molecule has 0 aliphatic carbocycles. The third kappa shape index (κ3) is 2.98. The van der Waals surface area contributed by atoms with Gasteiger partial charge in [0.2, 0.25) is 0 Å².